The number of pyridine rings is 2. The lowest BCUT2D eigenvalue weighted by atomic mass is 10.1. The normalized spacial score (nSPS) is 17.6. The third kappa shape index (κ3) is 7.40. The van der Waals surface area contributed by atoms with Crippen LogP contribution in [0.4, 0.5) is 16.3 Å². The van der Waals surface area contributed by atoms with Crippen molar-refractivity contribution in [1.29, 1.82) is 0 Å². The first-order valence-electron chi connectivity index (χ1n) is 10.8. The number of anilines is 2. The number of amides is 1. The van der Waals surface area contributed by atoms with Gasteiger partial charge in [-0.2, -0.15) is 0 Å². The average molecular weight is 428 g/mol. The van der Waals surface area contributed by atoms with Crippen LogP contribution >= 0.6 is 0 Å². The van der Waals surface area contributed by atoms with E-state index in [2.05, 4.69) is 25.5 Å². The predicted molar refractivity (Wildman–Crippen MR) is 121 cm³/mol. The summed E-state index contributed by atoms with van der Waals surface area (Å²) in [6.45, 7) is 9.96. The molecule has 8 nitrogen and oxygen atoms in total. The highest BCUT2D eigenvalue weighted by Crippen LogP contribution is 2.21. The van der Waals surface area contributed by atoms with Crippen LogP contribution in [0.25, 0.3) is 0 Å². The highest BCUT2D eigenvalue weighted by Gasteiger charge is 2.19. The quantitative estimate of drug-likeness (QED) is 0.654. The maximum Gasteiger partial charge on any atom is 0.413 e. The molecule has 8 heteroatoms. The maximum absolute atomic E-state index is 11.9. The number of ether oxygens (including phenoxy) is 1. The maximum atomic E-state index is 11.9. The summed E-state index contributed by atoms with van der Waals surface area (Å²) in [5, 5.41) is 16.3. The third-order valence-electron chi connectivity index (χ3n) is 5.05. The molecule has 31 heavy (non-hydrogen) atoms. The van der Waals surface area contributed by atoms with Gasteiger partial charge >= 0.3 is 6.09 Å². The first kappa shape index (κ1) is 22.8. The van der Waals surface area contributed by atoms with E-state index in [1.165, 1.54) is 0 Å². The van der Waals surface area contributed by atoms with Gasteiger partial charge in [-0.15, -0.1) is 0 Å². The molecular formula is C23H33N5O3. The number of aryl methyl sites for hydroxylation is 1. The fourth-order valence-electron chi connectivity index (χ4n) is 3.59. The topological polar surface area (TPSA) is 99.6 Å². The number of carbonyl (C=O) groups is 1. The molecule has 2 aromatic rings. The molecular weight excluding hydrogens is 394 g/mol. The van der Waals surface area contributed by atoms with Gasteiger partial charge in [-0.3, -0.25) is 15.2 Å². The Balaban J connectivity index is 1.49. The van der Waals surface area contributed by atoms with E-state index in [0.29, 0.717) is 18.4 Å². The van der Waals surface area contributed by atoms with Gasteiger partial charge in [-0.05, 0) is 77.8 Å². The molecule has 0 radical (unpaired) electrons. The van der Waals surface area contributed by atoms with E-state index >= 15 is 0 Å². The van der Waals surface area contributed by atoms with Gasteiger partial charge in [0.1, 0.15) is 17.2 Å². The van der Waals surface area contributed by atoms with Crippen LogP contribution in [0.1, 0.15) is 51.4 Å². The van der Waals surface area contributed by atoms with E-state index in [1.54, 1.807) is 18.3 Å². The standard InChI is InChI=1S/C23H33N5O3/c1-16-7-9-20(29)19(25-16)15-28-12-5-6-17(11-13-28)26-18-8-10-21(24-14-18)27-22(30)31-23(2,3)4/h7-10,14,17,26,29H,5-6,11-13,15H2,1-4H3,(H,24,27,30)/t17-/m0/s1. The molecule has 3 rings (SSSR count). The summed E-state index contributed by atoms with van der Waals surface area (Å²) in [5.41, 5.74) is 2.03. The van der Waals surface area contributed by atoms with Crippen molar-refractivity contribution in [2.75, 3.05) is 23.7 Å². The van der Waals surface area contributed by atoms with Crippen molar-refractivity contribution in [3.63, 3.8) is 0 Å². The molecule has 0 bridgehead atoms. The Hall–Kier alpha value is -2.87. The fraction of sp³-hybridized carbons (Fsp3) is 0.522. The lowest BCUT2D eigenvalue weighted by Gasteiger charge is -2.21. The van der Waals surface area contributed by atoms with Crippen molar-refractivity contribution in [2.45, 2.75) is 65.1 Å². The summed E-state index contributed by atoms with van der Waals surface area (Å²) in [4.78, 5) is 23.0. The molecule has 168 valence electrons. The number of nitrogens with one attached hydrogen (secondary N) is 2. The number of nitrogens with zero attached hydrogens (tertiary/aromatic N) is 3. The van der Waals surface area contributed by atoms with Crippen LogP contribution in [0.3, 0.4) is 0 Å². The Morgan fingerprint density at radius 1 is 1.23 bits per heavy atom. The zero-order valence-electron chi connectivity index (χ0n) is 18.8. The van der Waals surface area contributed by atoms with E-state index in [1.807, 2.05) is 39.8 Å². The number of hydrogen-bond donors (Lipinski definition) is 3. The molecule has 0 aromatic carbocycles. The van der Waals surface area contributed by atoms with Crippen molar-refractivity contribution in [3.05, 3.63) is 41.9 Å². The van der Waals surface area contributed by atoms with Gasteiger partial charge in [-0.25, -0.2) is 9.78 Å². The zero-order chi connectivity index (χ0) is 22.4. The van der Waals surface area contributed by atoms with Crippen LogP contribution in [-0.2, 0) is 11.3 Å². The van der Waals surface area contributed by atoms with Crippen LogP contribution in [-0.4, -0.2) is 50.8 Å². The molecule has 2 aromatic heterocycles. The van der Waals surface area contributed by atoms with Crippen LogP contribution in [0, 0.1) is 6.92 Å². The molecule has 0 spiro atoms. The van der Waals surface area contributed by atoms with Gasteiger partial charge in [0.2, 0.25) is 0 Å². The number of aromatic hydroxyl groups is 1. The molecule has 1 fully saturated rings. The van der Waals surface area contributed by atoms with Gasteiger partial charge in [-0.1, -0.05) is 0 Å². The van der Waals surface area contributed by atoms with Gasteiger partial charge in [0.05, 0.1) is 17.6 Å². The molecule has 1 aliphatic heterocycles. The SMILES string of the molecule is Cc1ccc(O)c(CN2CCC[C@H](Nc3ccc(NC(=O)OC(C)(C)C)nc3)CC2)n1. The molecule has 1 aliphatic rings. The molecule has 3 heterocycles. The Labute approximate surface area is 184 Å². The van der Waals surface area contributed by atoms with Crippen molar-refractivity contribution >= 4 is 17.6 Å². The van der Waals surface area contributed by atoms with Crippen LogP contribution in [0.5, 0.6) is 5.75 Å². The number of hydrogen-bond acceptors (Lipinski definition) is 7. The minimum Gasteiger partial charge on any atom is -0.506 e. The van der Waals surface area contributed by atoms with Crippen LogP contribution in [0.15, 0.2) is 30.5 Å². The summed E-state index contributed by atoms with van der Waals surface area (Å²) >= 11 is 0. The fourth-order valence-corrected chi connectivity index (χ4v) is 3.59. The third-order valence-corrected chi connectivity index (χ3v) is 5.05. The highest BCUT2D eigenvalue weighted by molar-refractivity contribution is 5.83. The van der Waals surface area contributed by atoms with Crippen LogP contribution < -0.4 is 10.6 Å². The van der Waals surface area contributed by atoms with Gasteiger partial charge < -0.3 is 15.2 Å². The second-order valence-electron chi connectivity index (χ2n) is 9.03. The Kier molecular flexibility index (Phi) is 7.33. The van der Waals surface area contributed by atoms with Gasteiger partial charge in [0, 0.05) is 24.8 Å². The van der Waals surface area contributed by atoms with Crippen LogP contribution in [0.2, 0.25) is 0 Å². The molecule has 3 N–H and O–H groups in total. The summed E-state index contributed by atoms with van der Waals surface area (Å²) in [6, 6.07) is 7.56. The first-order valence-corrected chi connectivity index (χ1v) is 10.8. The van der Waals surface area contributed by atoms with E-state index < -0.39 is 11.7 Å². The van der Waals surface area contributed by atoms with E-state index in [4.69, 9.17) is 4.74 Å². The first-order chi connectivity index (χ1) is 14.7. The Morgan fingerprint density at radius 2 is 2.03 bits per heavy atom. The second-order valence-corrected chi connectivity index (χ2v) is 9.03. The molecule has 1 saturated heterocycles. The number of carbonyl (C=O) groups excluding carboxylic acids is 1. The van der Waals surface area contributed by atoms with E-state index in [-0.39, 0.29) is 5.75 Å². The molecule has 1 amide bonds. The largest absolute Gasteiger partial charge is 0.506 e. The van der Waals surface area contributed by atoms with Crippen molar-refractivity contribution < 1.29 is 14.6 Å². The minimum absolute atomic E-state index is 0.260. The lowest BCUT2D eigenvalue weighted by molar-refractivity contribution is 0.0635. The van der Waals surface area contributed by atoms with Gasteiger partial charge in [0.25, 0.3) is 0 Å². The van der Waals surface area contributed by atoms with Crippen molar-refractivity contribution in [3.8, 4) is 5.75 Å². The zero-order valence-corrected chi connectivity index (χ0v) is 18.8. The minimum atomic E-state index is -0.549. The van der Waals surface area contributed by atoms with E-state index in [0.717, 1.165) is 49.4 Å². The summed E-state index contributed by atoms with van der Waals surface area (Å²) in [7, 11) is 0. The van der Waals surface area contributed by atoms with Crippen molar-refractivity contribution in [2.24, 2.45) is 0 Å². The van der Waals surface area contributed by atoms with E-state index in [9.17, 15) is 9.90 Å². The predicted octanol–water partition coefficient (Wildman–Crippen LogP) is 4.30. The lowest BCUT2D eigenvalue weighted by Crippen LogP contribution is -2.27. The van der Waals surface area contributed by atoms with Crippen molar-refractivity contribution in [1.82, 2.24) is 14.9 Å². The smallest absolute Gasteiger partial charge is 0.413 e. The Morgan fingerprint density at radius 3 is 2.74 bits per heavy atom. The number of rotatable bonds is 5. The monoisotopic (exact) mass is 427 g/mol. The van der Waals surface area contributed by atoms with Gasteiger partial charge in [0.15, 0.2) is 0 Å². The number of likely N-dealkylation sites (tertiary alicyclic amines) is 1. The summed E-state index contributed by atoms with van der Waals surface area (Å²) in [6.07, 6.45) is 4.32. The molecule has 1 atom stereocenters. The second kappa shape index (κ2) is 9.96. The summed E-state index contributed by atoms with van der Waals surface area (Å²) < 4.78 is 5.24. The summed E-state index contributed by atoms with van der Waals surface area (Å²) in [5.74, 6) is 0.716. The molecule has 0 unspecified atom stereocenters. The highest BCUT2D eigenvalue weighted by atomic mass is 16.6. The molecule has 0 saturated carbocycles. The molecule has 0 aliphatic carbocycles. The Bertz CT molecular complexity index is 880. The average Bonchev–Trinajstić information content (AvgIpc) is 2.90. The number of aromatic nitrogens is 2.